The Morgan fingerprint density at radius 2 is 1.86 bits per heavy atom. The number of rotatable bonds is 2. The number of halogens is 2. The molecule has 1 saturated heterocycles. The Morgan fingerprint density at radius 1 is 1.23 bits per heavy atom. The van der Waals surface area contributed by atoms with E-state index >= 15 is 0 Å². The summed E-state index contributed by atoms with van der Waals surface area (Å²) in [4.78, 5) is 0. The summed E-state index contributed by atoms with van der Waals surface area (Å²) in [5, 5.41) is 0.680. The standard InChI is InChI=1S/C17H21BClFO2/c1-16(2)17(3,4)22-18(21-16)15(20)14-9-8-13(14)11-6-5-7-12(19)10-11/h5-7,10,13H,8-9H2,1-4H3. The van der Waals surface area contributed by atoms with Gasteiger partial charge in [-0.25, -0.2) is 4.39 Å². The molecule has 2 aliphatic rings. The lowest BCUT2D eigenvalue weighted by Crippen LogP contribution is -2.41. The number of hydrogen-bond donors (Lipinski definition) is 0. The molecule has 5 heteroatoms. The molecule has 2 fully saturated rings. The normalized spacial score (nSPS) is 28.5. The third kappa shape index (κ3) is 2.62. The summed E-state index contributed by atoms with van der Waals surface area (Å²) in [6.07, 6.45) is 1.68. The van der Waals surface area contributed by atoms with Crippen LogP contribution in [0.15, 0.2) is 35.6 Å². The molecule has 1 aromatic rings. The van der Waals surface area contributed by atoms with E-state index in [-0.39, 0.29) is 11.6 Å². The van der Waals surface area contributed by atoms with Gasteiger partial charge in [-0.15, -0.1) is 0 Å². The Balaban J connectivity index is 1.85. The van der Waals surface area contributed by atoms with Crippen molar-refractivity contribution in [2.75, 3.05) is 0 Å². The van der Waals surface area contributed by atoms with E-state index in [0.717, 1.165) is 24.0 Å². The van der Waals surface area contributed by atoms with Crippen LogP contribution in [0.3, 0.4) is 0 Å². The van der Waals surface area contributed by atoms with Gasteiger partial charge >= 0.3 is 7.12 Å². The molecule has 0 radical (unpaired) electrons. The third-order valence-electron chi connectivity index (χ3n) is 5.14. The molecule has 2 nitrogen and oxygen atoms in total. The summed E-state index contributed by atoms with van der Waals surface area (Å²) < 4.78 is 26.5. The Bertz CT molecular complexity index is 611. The first-order chi connectivity index (χ1) is 10.2. The van der Waals surface area contributed by atoms with Gasteiger partial charge in [0.25, 0.3) is 0 Å². The molecule has 1 aliphatic heterocycles. The topological polar surface area (TPSA) is 18.5 Å². The van der Waals surface area contributed by atoms with Crippen molar-refractivity contribution in [2.45, 2.75) is 57.7 Å². The van der Waals surface area contributed by atoms with E-state index in [4.69, 9.17) is 20.9 Å². The van der Waals surface area contributed by atoms with Gasteiger partial charge < -0.3 is 9.31 Å². The van der Waals surface area contributed by atoms with Crippen LogP contribution in [-0.2, 0) is 9.31 Å². The van der Waals surface area contributed by atoms with E-state index in [0.29, 0.717) is 5.02 Å². The molecule has 1 aromatic carbocycles. The molecule has 1 atom stereocenters. The van der Waals surface area contributed by atoms with Crippen LogP contribution in [0.5, 0.6) is 0 Å². The Morgan fingerprint density at radius 3 is 2.36 bits per heavy atom. The molecular formula is C17H21BClFO2. The zero-order valence-corrected chi connectivity index (χ0v) is 14.2. The Kier molecular flexibility index (Phi) is 3.91. The van der Waals surface area contributed by atoms with Crippen LogP contribution in [0, 0.1) is 0 Å². The molecule has 118 valence electrons. The van der Waals surface area contributed by atoms with Crippen molar-refractivity contribution in [3.05, 3.63) is 46.2 Å². The smallest absolute Gasteiger partial charge is 0.398 e. The van der Waals surface area contributed by atoms with Gasteiger partial charge in [-0.1, -0.05) is 23.7 Å². The first-order valence-corrected chi connectivity index (χ1v) is 8.08. The highest BCUT2D eigenvalue weighted by Gasteiger charge is 2.54. The van der Waals surface area contributed by atoms with Crippen LogP contribution >= 0.6 is 11.6 Å². The summed E-state index contributed by atoms with van der Waals surface area (Å²) in [7, 11) is -0.901. The predicted molar refractivity (Wildman–Crippen MR) is 87.6 cm³/mol. The van der Waals surface area contributed by atoms with Gasteiger partial charge in [-0.05, 0) is 63.8 Å². The van der Waals surface area contributed by atoms with Gasteiger partial charge in [0, 0.05) is 10.9 Å². The zero-order valence-electron chi connectivity index (χ0n) is 13.5. The van der Waals surface area contributed by atoms with Gasteiger partial charge in [0.05, 0.1) is 11.2 Å². The van der Waals surface area contributed by atoms with Crippen molar-refractivity contribution in [3.8, 4) is 0 Å². The molecule has 1 saturated carbocycles. The monoisotopic (exact) mass is 322 g/mol. The summed E-state index contributed by atoms with van der Waals surface area (Å²) in [5.41, 5.74) is 0.520. The highest BCUT2D eigenvalue weighted by atomic mass is 35.5. The van der Waals surface area contributed by atoms with Crippen molar-refractivity contribution in [2.24, 2.45) is 0 Å². The van der Waals surface area contributed by atoms with Crippen molar-refractivity contribution < 1.29 is 13.7 Å². The van der Waals surface area contributed by atoms with Crippen molar-refractivity contribution in [3.63, 3.8) is 0 Å². The molecule has 1 heterocycles. The molecule has 0 bridgehead atoms. The van der Waals surface area contributed by atoms with Crippen LogP contribution in [0.1, 0.15) is 52.0 Å². The van der Waals surface area contributed by atoms with Crippen molar-refractivity contribution >= 4 is 18.7 Å². The second-order valence-electron chi connectivity index (χ2n) is 7.11. The molecular weight excluding hydrogens is 301 g/mol. The largest absolute Gasteiger partial charge is 0.525 e. The summed E-state index contributed by atoms with van der Waals surface area (Å²) in [5.74, 6) is 0.0812. The van der Waals surface area contributed by atoms with E-state index in [9.17, 15) is 4.39 Å². The quantitative estimate of drug-likeness (QED) is 0.708. The fraction of sp³-hybridized carbons (Fsp3) is 0.529. The van der Waals surface area contributed by atoms with Crippen molar-refractivity contribution in [1.29, 1.82) is 0 Å². The van der Waals surface area contributed by atoms with Crippen molar-refractivity contribution in [1.82, 2.24) is 0 Å². The van der Waals surface area contributed by atoms with E-state index < -0.39 is 18.3 Å². The van der Waals surface area contributed by atoms with Crippen LogP contribution in [0.4, 0.5) is 4.39 Å². The van der Waals surface area contributed by atoms with Gasteiger partial charge in [0.1, 0.15) is 5.73 Å². The molecule has 0 N–H and O–H groups in total. The predicted octanol–water partition coefficient (Wildman–Crippen LogP) is 5.07. The fourth-order valence-electron chi connectivity index (χ4n) is 2.91. The minimum atomic E-state index is -0.901. The maximum atomic E-state index is 14.9. The average molecular weight is 323 g/mol. The maximum Gasteiger partial charge on any atom is 0.525 e. The van der Waals surface area contributed by atoms with Crippen LogP contribution < -0.4 is 0 Å². The second-order valence-corrected chi connectivity index (χ2v) is 7.54. The SMILES string of the molecule is CC1(C)OB(C(F)=C2CCC2c2cccc(Cl)c2)OC1(C)C. The average Bonchev–Trinajstić information content (AvgIpc) is 2.57. The minimum Gasteiger partial charge on any atom is -0.398 e. The summed E-state index contributed by atoms with van der Waals surface area (Å²) >= 11 is 6.04. The Hall–Kier alpha value is -0.835. The fourth-order valence-corrected chi connectivity index (χ4v) is 3.11. The first kappa shape index (κ1) is 16.0. The van der Waals surface area contributed by atoms with Crippen LogP contribution in [-0.4, -0.2) is 18.3 Å². The second kappa shape index (κ2) is 5.36. The highest BCUT2D eigenvalue weighted by molar-refractivity contribution is 6.54. The molecule has 1 aliphatic carbocycles. The van der Waals surface area contributed by atoms with E-state index in [1.807, 2.05) is 52.0 Å². The third-order valence-corrected chi connectivity index (χ3v) is 5.38. The van der Waals surface area contributed by atoms with Crippen LogP contribution in [0.25, 0.3) is 0 Å². The maximum absolute atomic E-state index is 14.9. The molecule has 0 aromatic heterocycles. The molecule has 1 unspecified atom stereocenters. The van der Waals surface area contributed by atoms with Gasteiger partial charge in [-0.3, -0.25) is 0 Å². The number of hydrogen-bond acceptors (Lipinski definition) is 2. The van der Waals surface area contributed by atoms with Crippen LogP contribution in [0.2, 0.25) is 5.02 Å². The number of allylic oxidation sites excluding steroid dienone is 1. The lowest BCUT2D eigenvalue weighted by molar-refractivity contribution is 0.00578. The molecule has 0 spiro atoms. The summed E-state index contributed by atoms with van der Waals surface area (Å²) in [6.45, 7) is 7.72. The van der Waals surface area contributed by atoms with E-state index in [2.05, 4.69) is 0 Å². The lowest BCUT2D eigenvalue weighted by Gasteiger charge is -2.32. The van der Waals surface area contributed by atoms with Gasteiger partial charge in [0.15, 0.2) is 0 Å². The lowest BCUT2D eigenvalue weighted by atomic mass is 9.69. The zero-order chi connectivity index (χ0) is 16.1. The number of benzene rings is 1. The van der Waals surface area contributed by atoms with E-state index in [1.165, 1.54) is 0 Å². The first-order valence-electron chi connectivity index (χ1n) is 7.71. The van der Waals surface area contributed by atoms with Gasteiger partial charge in [-0.2, -0.15) is 0 Å². The minimum absolute atomic E-state index is 0.0812. The highest BCUT2D eigenvalue weighted by Crippen LogP contribution is 2.47. The summed E-state index contributed by atoms with van der Waals surface area (Å²) in [6, 6.07) is 7.63. The Labute approximate surface area is 136 Å². The molecule has 0 amide bonds. The van der Waals surface area contributed by atoms with E-state index in [1.54, 1.807) is 0 Å². The molecule has 22 heavy (non-hydrogen) atoms. The van der Waals surface area contributed by atoms with Gasteiger partial charge in [0.2, 0.25) is 0 Å². The molecule has 3 rings (SSSR count).